The van der Waals surface area contributed by atoms with E-state index in [4.69, 9.17) is 27.9 Å². The molecule has 1 heterocycles. The van der Waals surface area contributed by atoms with Crippen LogP contribution in [0.1, 0.15) is 21.6 Å². The van der Waals surface area contributed by atoms with E-state index >= 15 is 0 Å². The number of rotatable bonds is 5. The first-order valence-corrected chi connectivity index (χ1v) is 10.9. The Labute approximate surface area is 198 Å². The lowest BCUT2D eigenvalue weighted by molar-refractivity contribution is 0.103. The molecule has 156 valence electrons. The topological polar surface area (TPSA) is 44.1 Å². The van der Waals surface area contributed by atoms with Gasteiger partial charge in [0.1, 0.15) is 11.4 Å². The number of ether oxygens (including phenoxy) is 1. The molecule has 0 fully saturated rings. The van der Waals surface area contributed by atoms with Gasteiger partial charge in [-0.25, -0.2) is 4.68 Å². The van der Waals surface area contributed by atoms with E-state index in [2.05, 4.69) is 21.0 Å². The van der Waals surface area contributed by atoms with Crippen LogP contribution in [0, 0.1) is 6.92 Å². The van der Waals surface area contributed by atoms with E-state index < -0.39 is 0 Å². The molecule has 4 nitrogen and oxygen atoms in total. The number of methoxy groups -OCH3 is 1. The minimum atomic E-state index is -0.178. The van der Waals surface area contributed by atoms with Gasteiger partial charge in [0, 0.05) is 26.2 Å². The molecule has 4 rings (SSSR count). The summed E-state index contributed by atoms with van der Waals surface area (Å²) in [4.78, 5) is 13.3. The Morgan fingerprint density at radius 3 is 2.29 bits per heavy atom. The molecule has 0 spiro atoms. The monoisotopic (exact) mass is 514 g/mol. The van der Waals surface area contributed by atoms with Gasteiger partial charge in [-0.05, 0) is 61.5 Å². The molecule has 3 aromatic carbocycles. The first-order valence-electron chi connectivity index (χ1n) is 9.39. The highest BCUT2D eigenvalue weighted by atomic mass is 79.9. The summed E-state index contributed by atoms with van der Waals surface area (Å²) < 4.78 is 7.85. The van der Waals surface area contributed by atoms with Gasteiger partial charge in [0.05, 0.1) is 23.5 Å². The van der Waals surface area contributed by atoms with Crippen LogP contribution in [0.25, 0.3) is 16.9 Å². The van der Waals surface area contributed by atoms with Gasteiger partial charge in [0.2, 0.25) is 5.78 Å². The lowest BCUT2D eigenvalue weighted by atomic mass is 10.0. The summed E-state index contributed by atoms with van der Waals surface area (Å²) in [6.45, 7) is 1.89. The van der Waals surface area contributed by atoms with Crippen LogP contribution < -0.4 is 4.74 Å². The summed E-state index contributed by atoms with van der Waals surface area (Å²) in [6.07, 6.45) is 0. The highest BCUT2D eigenvalue weighted by molar-refractivity contribution is 9.10. The number of hydrogen-bond donors (Lipinski definition) is 0. The molecular weight excluding hydrogens is 499 g/mol. The van der Waals surface area contributed by atoms with Crippen LogP contribution >= 0.6 is 39.1 Å². The van der Waals surface area contributed by atoms with E-state index in [1.807, 2.05) is 31.2 Å². The predicted octanol–water partition coefficient (Wildman–Crippen LogP) is 7.16. The van der Waals surface area contributed by atoms with Crippen LogP contribution in [0.3, 0.4) is 0 Å². The second-order valence-corrected chi connectivity index (χ2v) is 8.65. The van der Waals surface area contributed by atoms with Crippen LogP contribution in [0.15, 0.2) is 71.2 Å². The zero-order chi connectivity index (χ0) is 22.1. The average Bonchev–Trinajstić information content (AvgIpc) is 3.10. The Morgan fingerprint density at radius 1 is 1.00 bits per heavy atom. The predicted molar refractivity (Wildman–Crippen MR) is 128 cm³/mol. The number of carbonyl (C=O) groups is 1. The molecule has 7 heteroatoms. The van der Waals surface area contributed by atoms with Crippen LogP contribution in [0.2, 0.25) is 10.0 Å². The summed E-state index contributed by atoms with van der Waals surface area (Å²) >= 11 is 16.0. The van der Waals surface area contributed by atoms with E-state index in [-0.39, 0.29) is 5.78 Å². The lowest BCUT2D eigenvalue weighted by Gasteiger charge is -2.11. The maximum atomic E-state index is 13.3. The third-order valence-corrected chi connectivity index (χ3v) is 6.01. The Morgan fingerprint density at radius 2 is 1.68 bits per heavy atom. The van der Waals surface area contributed by atoms with Crippen molar-refractivity contribution in [1.29, 1.82) is 0 Å². The van der Waals surface area contributed by atoms with E-state index in [0.717, 1.165) is 21.3 Å². The van der Waals surface area contributed by atoms with Crippen molar-refractivity contribution < 1.29 is 9.53 Å². The fraction of sp³-hybridized carbons (Fsp3) is 0.0833. The van der Waals surface area contributed by atoms with Crippen molar-refractivity contribution >= 4 is 44.9 Å². The molecule has 0 N–H and O–H groups in total. The minimum absolute atomic E-state index is 0.178. The van der Waals surface area contributed by atoms with Crippen molar-refractivity contribution in [3.8, 4) is 22.7 Å². The SMILES string of the molecule is COc1ccc(C(=O)c2nn(-c3ccc(Cl)cc3Cl)c(-c3ccc(Br)cc3)c2C)cc1. The quantitative estimate of drug-likeness (QED) is 0.265. The normalized spacial score (nSPS) is 10.9. The summed E-state index contributed by atoms with van der Waals surface area (Å²) in [5.74, 6) is 0.504. The number of hydrogen-bond acceptors (Lipinski definition) is 3. The molecule has 1 aromatic heterocycles. The standard InChI is InChI=1S/C24H17BrCl2N2O2/c1-14-22(24(30)16-5-10-19(31-2)11-6-16)28-29(21-12-9-18(26)13-20(21)27)23(14)15-3-7-17(25)8-4-15/h3-13H,1-2H3. The fourth-order valence-electron chi connectivity index (χ4n) is 3.36. The van der Waals surface area contributed by atoms with Crippen LogP contribution in [-0.4, -0.2) is 22.7 Å². The Kier molecular flexibility index (Phi) is 6.19. The van der Waals surface area contributed by atoms with Gasteiger partial charge >= 0.3 is 0 Å². The highest BCUT2D eigenvalue weighted by Crippen LogP contribution is 2.34. The first-order chi connectivity index (χ1) is 14.9. The van der Waals surface area contributed by atoms with E-state index in [1.165, 1.54) is 0 Å². The van der Waals surface area contributed by atoms with Gasteiger partial charge in [-0.1, -0.05) is 51.3 Å². The summed E-state index contributed by atoms with van der Waals surface area (Å²) in [5.41, 5.74) is 3.98. The number of benzene rings is 3. The average molecular weight is 516 g/mol. The van der Waals surface area contributed by atoms with Gasteiger partial charge in [0.15, 0.2) is 0 Å². The zero-order valence-electron chi connectivity index (χ0n) is 16.7. The molecule has 0 unspecified atom stereocenters. The molecule has 0 aliphatic carbocycles. The Bertz CT molecular complexity index is 1270. The van der Waals surface area contributed by atoms with E-state index in [1.54, 1.807) is 54.3 Å². The second kappa shape index (κ2) is 8.87. The fourth-order valence-corrected chi connectivity index (χ4v) is 4.12. The summed E-state index contributed by atoms with van der Waals surface area (Å²) in [7, 11) is 1.59. The molecule has 0 aliphatic heterocycles. The van der Waals surface area contributed by atoms with Crippen LogP contribution in [0.5, 0.6) is 5.75 Å². The summed E-state index contributed by atoms with van der Waals surface area (Å²) in [5, 5.41) is 5.65. The van der Waals surface area contributed by atoms with Crippen molar-refractivity contribution in [3.05, 3.63) is 98.1 Å². The minimum Gasteiger partial charge on any atom is -0.497 e. The molecule has 0 saturated carbocycles. The molecule has 0 aliphatic rings. The number of halogens is 3. The van der Waals surface area contributed by atoms with Crippen molar-refractivity contribution in [2.45, 2.75) is 6.92 Å². The van der Waals surface area contributed by atoms with Crippen LogP contribution in [-0.2, 0) is 0 Å². The van der Waals surface area contributed by atoms with Crippen molar-refractivity contribution in [3.63, 3.8) is 0 Å². The highest BCUT2D eigenvalue weighted by Gasteiger charge is 2.24. The lowest BCUT2D eigenvalue weighted by Crippen LogP contribution is -2.05. The molecule has 0 saturated heterocycles. The van der Waals surface area contributed by atoms with Crippen molar-refractivity contribution in [2.75, 3.05) is 7.11 Å². The van der Waals surface area contributed by atoms with E-state index in [9.17, 15) is 4.79 Å². The number of aromatic nitrogens is 2. The first kappa shape index (κ1) is 21.6. The maximum Gasteiger partial charge on any atom is 0.213 e. The largest absolute Gasteiger partial charge is 0.497 e. The van der Waals surface area contributed by atoms with Gasteiger partial charge in [-0.2, -0.15) is 5.10 Å². The number of nitrogens with zero attached hydrogens (tertiary/aromatic N) is 2. The summed E-state index contributed by atoms with van der Waals surface area (Å²) in [6, 6.07) is 20.0. The van der Waals surface area contributed by atoms with Gasteiger partial charge in [0.25, 0.3) is 0 Å². The van der Waals surface area contributed by atoms with Crippen molar-refractivity contribution in [1.82, 2.24) is 9.78 Å². The third kappa shape index (κ3) is 4.26. The van der Waals surface area contributed by atoms with Crippen LogP contribution in [0.4, 0.5) is 0 Å². The Balaban J connectivity index is 1.91. The number of carbonyl (C=O) groups excluding carboxylic acids is 1. The molecule has 0 bridgehead atoms. The van der Waals surface area contributed by atoms with E-state index in [0.29, 0.717) is 32.7 Å². The van der Waals surface area contributed by atoms with Crippen molar-refractivity contribution in [2.24, 2.45) is 0 Å². The van der Waals surface area contributed by atoms with Gasteiger partial charge in [-0.3, -0.25) is 4.79 Å². The van der Waals surface area contributed by atoms with Gasteiger partial charge in [-0.15, -0.1) is 0 Å². The zero-order valence-corrected chi connectivity index (χ0v) is 19.8. The molecule has 31 heavy (non-hydrogen) atoms. The molecule has 4 aromatic rings. The van der Waals surface area contributed by atoms with Gasteiger partial charge < -0.3 is 4.74 Å². The Hall–Kier alpha value is -2.60. The maximum absolute atomic E-state index is 13.3. The molecule has 0 amide bonds. The molecule has 0 atom stereocenters. The number of ketones is 1. The smallest absolute Gasteiger partial charge is 0.213 e. The molecular formula is C24H17BrCl2N2O2. The second-order valence-electron chi connectivity index (χ2n) is 6.89. The molecule has 0 radical (unpaired) electrons. The third-order valence-electron chi connectivity index (χ3n) is 4.95.